The van der Waals surface area contributed by atoms with Crippen LogP contribution >= 0.6 is 11.3 Å². The molecule has 4 aromatic rings. The number of benzene rings is 1. The Bertz CT molecular complexity index is 1400. The van der Waals surface area contributed by atoms with Gasteiger partial charge in [0.15, 0.2) is 4.96 Å². The van der Waals surface area contributed by atoms with Crippen molar-refractivity contribution in [2.24, 2.45) is 0 Å². The van der Waals surface area contributed by atoms with E-state index in [0.717, 1.165) is 29.6 Å². The van der Waals surface area contributed by atoms with Crippen molar-refractivity contribution >= 4 is 33.3 Å². The van der Waals surface area contributed by atoms with Crippen LogP contribution in [-0.4, -0.2) is 24.9 Å². The molecule has 0 radical (unpaired) electrons. The first-order valence-electron chi connectivity index (χ1n) is 10.6. The SMILES string of the molecule is CCCCn1c(=O)c(CCC(=O)OCc2cc(=O)n3c(C)csc3n2)nc2ccccc21. The molecule has 0 aliphatic carbocycles. The number of nitrogens with zero attached hydrogens (tertiary/aromatic N) is 4. The Balaban J connectivity index is 1.45. The van der Waals surface area contributed by atoms with E-state index in [1.54, 1.807) is 4.57 Å². The minimum atomic E-state index is -0.469. The van der Waals surface area contributed by atoms with Gasteiger partial charge in [0.2, 0.25) is 0 Å². The molecule has 1 aromatic carbocycles. The predicted molar refractivity (Wildman–Crippen MR) is 123 cm³/mol. The number of thiazole rings is 1. The number of carbonyl (C=O) groups is 1. The molecule has 0 aliphatic heterocycles. The van der Waals surface area contributed by atoms with Crippen LogP contribution in [-0.2, 0) is 29.1 Å². The fourth-order valence-electron chi connectivity index (χ4n) is 3.57. The number of hydrogen-bond donors (Lipinski definition) is 0. The van der Waals surface area contributed by atoms with E-state index in [4.69, 9.17) is 4.74 Å². The Labute approximate surface area is 188 Å². The van der Waals surface area contributed by atoms with E-state index in [9.17, 15) is 14.4 Å². The maximum atomic E-state index is 12.9. The molecule has 0 amide bonds. The number of aryl methyl sites for hydroxylation is 3. The molecule has 166 valence electrons. The standard InChI is InChI=1S/C23H24N4O4S/c1-3-4-11-26-19-8-6-5-7-17(19)25-18(22(26)30)9-10-21(29)31-13-16-12-20(28)27-15(2)14-32-23(27)24-16/h5-8,12,14H,3-4,9-11,13H2,1-2H3. The van der Waals surface area contributed by atoms with Crippen molar-refractivity contribution < 1.29 is 9.53 Å². The van der Waals surface area contributed by atoms with Crippen LogP contribution in [0.3, 0.4) is 0 Å². The zero-order valence-corrected chi connectivity index (χ0v) is 18.9. The first kappa shape index (κ1) is 21.9. The molecule has 8 nitrogen and oxygen atoms in total. The fraction of sp³-hybridized carbons (Fsp3) is 0.348. The lowest BCUT2D eigenvalue weighted by Crippen LogP contribution is -2.26. The molecule has 32 heavy (non-hydrogen) atoms. The predicted octanol–water partition coefficient (Wildman–Crippen LogP) is 3.25. The van der Waals surface area contributed by atoms with Gasteiger partial charge < -0.3 is 9.30 Å². The molecule has 4 rings (SSSR count). The summed E-state index contributed by atoms with van der Waals surface area (Å²) < 4.78 is 8.56. The monoisotopic (exact) mass is 452 g/mol. The molecule has 0 bridgehead atoms. The van der Waals surface area contributed by atoms with Gasteiger partial charge in [0.25, 0.3) is 11.1 Å². The quantitative estimate of drug-likeness (QED) is 0.381. The van der Waals surface area contributed by atoms with Crippen LogP contribution in [0.5, 0.6) is 0 Å². The van der Waals surface area contributed by atoms with E-state index >= 15 is 0 Å². The third kappa shape index (κ3) is 4.47. The Kier molecular flexibility index (Phi) is 6.45. The van der Waals surface area contributed by atoms with Crippen molar-refractivity contribution in [2.45, 2.75) is 52.7 Å². The second-order valence-corrected chi connectivity index (χ2v) is 8.44. The number of aromatic nitrogens is 4. The van der Waals surface area contributed by atoms with E-state index in [0.29, 0.717) is 22.9 Å². The average Bonchev–Trinajstić information content (AvgIpc) is 3.17. The maximum Gasteiger partial charge on any atom is 0.306 e. The van der Waals surface area contributed by atoms with Crippen molar-refractivity contribution in [3.05, 3.63) is 73.5 Å². The molecule has 0 saturated carbocycles. The smallest absolute Gasteiger partial charge is 0.306 e. The molecule has 0 fully saturated rings. The van der Waals surface area contributed by atoms with Crippen molar-refractivity contribution in [1.29, 1.82) is 0 Å². The number of ether oxygens (including phenoxy) is 1. The second kappa shape index (κ2) is 9.44. The highest BCUT2D eigenvalue weighted by molar-refractivity contribution is 7.15. The van der Waals surface area contributed by atoms with Gasteiger partial charge in [-0.3, -0.25) is 18.8 Å². The molecule has 9 heteroatoms. The lowest BCUT2D eigenvalue weighted by atomic mass is 10.2. The summed E-state index contributed by atoms with van der Waals surface area (Å²) in [6, 6.07) is 8.89. The number of para-hydroxylation sites is 2. The molecular weight excluding hydrogens is 428 g/mol. The number of unbranched alkanes of at least 4 members (excludes halogenated alkanes) is 1. The fourth-order valence-corrected chi connectivity index (χ4v) is 4.46. The average molecular weight is 453 g/mol. The van der Waals surface area contributed by atoms with Gasteiger partial charge in [-0.2, -0.15) is 0 Å². The van der Waals surface area contributed by atoms with Gasteiger partial charge >= 0.3 is 5.97 Å². The highest BCUT2D eigenvalue weighted by atomic mass is 32.1. The number of fused-ring (bicyclic) bond motifs is 2. The molecule has 3 heterocycles. The highest BCUT2D eigenvalue weighted by Gasteiger charge is 2.14. The second-order valence-electron chi connectivity index (χ2n) is 7.60. The molecule has 0 atom stereocenters. The molecule has 0 N–H and O–H groups in total. The van der Waals surface area contributed by atoms with Gasteiger partial charge in [0.05, 0.1) is 23.1 Å². The van der Waals surface area contributed by atoms with Crippen LogP contribution < -0.4 is 11.1 Å². The van der Waals surface area contributed by atoms with Crippen molar-refractivity contribution in [2.75, 3.05) is 0 Å². The summed E-state index contributed by atoms with van der Waals surface area (Å²) in [5.74, 6) is -0.469. The van der Waals surface area contributed by atoms with Gasteiger partial charge in [-0.15, -0.1) is 11.3 Å². The lowest BCUT2D eigenvalue weighted by Gasteiger charge is -2.12. The van der Waals surface area contributed by atoms with E-state index in [2.05, 4.69) is 16.9 Å². The van der Waals surface area contributed by atoms with Crippen LogP contribution in [0.15, 0.2) is 45.3 Å². The van der Waals surface area contributed by atoms with E-state index < -0.39 is 5.97 Å². The highest BCUT2D eigenvalue weighted by Crippen LogP contribution is 2.13. The Morgan fingerprint density at radius 2 is 2.00 bits per heavy atom. The largest absolute Gasteiger partial charge is 0.459 e. The summed E-state index contributed by atoms with van der Waals surface area (Å²) in [6.07, 6.45) is 2.07. The van der Waals surface area contributed by atoms with Gasteiger partial charge in [-0.25, -0.2) is 9.97 Å². The van der Waals surface area contributed by atoms with Gasteiger partial charge in [-0.05, 0) is 25.5 Å². The van der Waals surface area contributed by atoms with Crippen molar-refractivity contribution in [3.63, 3.8) is 0 Å². The summed E-state index contributed by atoms with van der Waals surface area (Å²) in [7, 11) is 0. The summed E-state index contributed by atoms with van der Waals surface area (Å²) >= 11 is 1.36. The minimum absolute atomic E-state index is 0.0215. The number of esters is 1. The third-order valence-corrected chi connectivity index (χ3v) is 6.17. The first-order valence-corrected chi connectivity index (χ1v) is 11.5. The Hall–Kier alpha value is -3.33. The summed E-state index contributed by atoms with van der Waals surface area (Å²) in [4.78, 5) is 46.9. The normalized spacial score (nSPS) is 11.3. The Morgan fingerprint density at radius 3 is 2.81 bits per heavy atom. The molecule has 0 saturated heterocycles. The van der Waals surface area contributed by atoms with Gasteiger partial charge in [0, 0.05) is 30.1 Å². The number of hydrogen-bond acceptors (Lipinski definition) is 7. The topological polar surface area (TPSA) is 95.6 Å². The number of rotatable bonds is 8. The molecule has 0 aliphatic rings. The van der Waals surface area contributed by atoms with E-state index in [1.807, 2.05) is 36.6 Å². The van der Waals surface area contributed by atoms with Crippen LogP contribution in [0.1, 0.15) is 43.3 Å². The van der Waals surface area contributed by atoms with E-state index in [-0.39, 0.29) is 30.6 Å². The molecule has 3 aromatic heterocycles. The first-order chi connectivity index (χ1) is 15.5. The van der Waals surface area contributed by atoms with Gasteiger partial charge in [0.1, 0.15) is 12.3 Å². The van der Waals surface area contributed by atoms with Crippen LogP contribution in [0.4, 0.5) is 0 Å². The lowest BCUT2D eigenvalue weighted by molar-refractivity contribution is -0.145. The van der Waals surface area contributed by atoms with Crippen LogP contribution in [0.25, 0.3) is 16.0 Å². The third-order valence-electron chi connectivity index (χ3n) is 5.23. The van der Waals surface area contributed by atoms with Crippen LogP contribution in [0, 0.1) is 6.92 Å². The Morgan fingerprint density at radius 1 is 1.19 bits per heavy atom. The van der Waals surface area contributed by atoms with Crippen molar-refractivity contribution in [1.82, 2.24) is 18.9 Å². The summed E-state index contributed by atoms with van der Waals surface area (Å²) in [6.45, 7) is 4.43. The summed E-state index contributed by atoms with van der Waals surface area (Å²) in [5, 5.41) is 1.85. The van der Waals surface area contributed by atoms with Crippen LogP contribution in [0.2, 0.25) is 0 Å². The molecule has 0 unspecified atom stereocenters. The molecular formula is C23H24N4O4S. The van der Waals surface area contributed by atoms with Gasteiger partial charge in [-0.1, -0.05) is 25.5 Å². The van der Waals surface area contributed by atoms with Crippen molar-refractivity contribution in [3.8, 4) is 0 Å². The number of carbonyl (C=O) groups excluding carboxylic acids is 1. The zero-order chi connectivity index (χ0) is 22.7. The summed E-state index contributed by atoms with van der Waals surface area (Å²) in [5.41, 5.74) is 2.73. The minimum Gasteiger partial charge on any atom is -0.459 e. The maximum absolute atomic E-state index is 12.9. The molecule has 0 spiro atoms. The van der Waals surface area contributed by atoms with E-state index in [1.165, 1.54) is 21.8 Å². The zero-order valence-electron chi connectivity index (χ0n) is 18.0.